The number of para-hydroxylation sites is 1. The first-order valence-corrected chi connectivity index (χ1v) is 11.8. The maximum atomic E-state index is 10.6. The number of hydrogen-bond acceptors (Lipinski definition) is 6. The number of nitriles is 1. The van der Waals surface area contributed by atoms with E-state index in [2.05, 4.69) is 30.5 Å². The number of anilines is 4. The normalized spacial score (nSPS) is 12.7. The molecule has 0 bridgehead atoms. The fraction of sp³-hybridized carbons (Fsp3) is 0. The van der Waals surface area contributed by atoms with E-state index >= 15 is 0 Å². The molecule has 0 amide bonds. The lowest BCUT2D eigenvalue weighted by Crippen LogP contribution is -2.38. The number of aromatic nitrogens is 1. The van der Waals surface area contributed by atoms with Crippen LogP contribution in [0.1, 0.15) is 0 Å². The Balaban J connectivity index is 1.76. The van der Waals surface area contributed by atoms with E-state index in [-0.39, 0.29) is 0 Å². The van der Waals surface area contributed by atoms with Crippen LogP contribution in [0.2, 0.25) is 0 Å². The topological polar surface area (TPSA) is 69.2 Å². The van der Waals surface area contributed by atoms with Gasteiger partial charge in [0.15, 0.2) is 0 Å². The molecule has 0 radical (unpaired) electrons. The summed E-state index contributed by atoms with van der Waals surface area (Å²) < 4.78 is 1.07. The van der Waals surface area contributed by atoms with Gasteiger partial charge in [-0.15, -0.1) is 11.3 Å². The minimum Gasteiger partial charge on any atom is -0.398 e. The quantitative estimate of drug-likeness (QED) is 0.161. The van der Waals surface area contributed by atoms with Gasteiger partial charge >= 0.3 is 0 Å². The molecule has 4 aromatic carbocycles. The third-order valence-corrected chi connectivity index (χ3v) is 7.55. The van der Waals surface area contributed by atoms with Crippen molar-refractivity contribution < 1.29 is 0 Å². The van der Waals surface area contributed by atoms with E-state index in [4.69, 9.17) is 10.7 Å². The maximum absolute atomic E-state index is 10.6. The summed E-state index contributed by atoms with van der Waals surface area (Å²) >= 11 is 1.64. The number of hydrazine groups is 1. The molecule has 34 heavy (non-hydrogen) atoms. The Hall–Kier alpha value is -4.60. The van der Waals surface area contributed by atoms with E-state index in [1.54, 1.807) is 16.3 Å². The van der Waals surface area contributed by atoms with Crippen molar-refractivity contribution in [2.45, 2.75) is 0 Å². The van der Waals surface area contributed by atoms with E-state index in [9.17, 15) is 5.26 Å². The van der Waals surface area contributed by atoms with Crippen LogP contribution in [0, 0.1) is 11.5 Å². The molecule has 2 aromatic heterocycles. The first-order chi connectivity index (χ1) is 16.8. The Morgan fingerprint density at radius 2 is 1.56 bits per heavy atom. The number of fused-ring (bicyclic) bond motifs is 10. The Kier molecular flexibility index (Phi) is 3.87. The number of thiophene rings is 1. The molecule has 5 nitrogen and oxygen atoms in total. The number of nitrogens with two attached hydrogens (primary N) is 1. The highest BCUT2D eigenvalue weighted by atomic mass is 32.1. The predicted molar refractivity (Wildman–Crippen MR) is 141 cm³/mol. The first kappa shape index (κ1) is 18.9. The molecular formula is C28H17N5S. The fourth-order valence-corrected chi connectivity index (χ4v) is 6.27. The number of rotatable bonds is 1. The molecule has 6 aromatic rings. The molecule has 1 aliphatic heterocycles. The second-order valence-electron chi connectivity index (χ2n) is 8.23. The van der Waals surface area contributed by atoms with Crippen LogP contribution in [0.4, 0.5) is 22.1 Å². The van der Waals surface area contributed by atoms with Crippen LogP contribution < -0.4 is 15.8 Å². The predicted octanol–water partition coefficient (Wildman–Crippen LogP) is 7.21. The first-order valence-electron chi connectivity index (χ1n) is 10.9. The molecule has 0 aliphatic carbocycles. The highest BCUT2D eigenvalue weighted by Gasteiger charge is 2.37. The Bertz CT molecular complexity index is 1800. The molecule has 0 saturated heterocycles. The summed E-state index contributed by atoms with van der Waals surface area (Å²) in [5.41, 5.74) is 11.9. The van der Waals surface area contributed by atoms with Crippen LogP contribution in [-0.2, 0) is 0 Å². The van der Waals surface area contributed by atoms with Crippen molar-refractivity contribution in [1.82, 2.24) is 4.98 Å². The minimum atomic E-state index is 0.642. The van der Waals surface area contributed by atoms with Gasteiger partial charge in [0, 0.05) is 28.4 Å². The smallest absolute Gasteiger partial charge is 0.205 e. The molecule has 3 heterocycles. The third kappa shape index (κ3) is 2.39. The van der Waals surface area contributed by atoms with Gasteiger partial charge in [0.1, 0.15) is 5.00 Å². The summed E-state index contributed by atoms with van der Waals surface area (Å²) in [6, 6.07) is 28.3. The molecule has 0 spiro atoms. The van der Waals surface area contributed by atoms with Crippen molar-refractivity contribution >= 4 is 65.2 Å². The Morgan fingerprint density at radius 1 is 0.794 bits per heavy atom. The van der Waals surface area contributed by atoms with Gasteiger partial charge in [0.2, 0.25) is 6.19 Å². The Morgan fingerprint density at radius 3 is 2.38 bits per heavy atom. The summed E-state index contributed by atoms with van der Waals surface area (Å²) in [6.45, 7) is 0. The van der Waals surface area contributed by atoms with Crippen LogP contribution in [0.3, 0.4) is 0 Å². The monoisotopic (exact) mass is 455 g/mol. The van der Waals surface area contributed by atoms with Crippen LogP contribution >= 0.6 is 11.3 Å². The van der Waals surface area contributed by atoms with Crippen LogP contribution in [-0.4, -0.2) is 4.98 Å². The van der Waals surface area contributed by atoms with Gasteiger partial charge in [-0.3, -0.25) is 4.98 Å². The van der Waals surface area contributed by atoms with Crippen LogP contribution in [0.25, 0.3) is 42.9 Å². The number of nitrogens with zero attached hydrogens (tertiary/aromatic N) is 4. The Labute approximate surface area is 199 Å². The number of pyridine rings is 1. The standard InChI is InChI=1S/C28H17N5S/c29-16-32-27-23-19(12-6-13-21(23)30)18-10-4-5-11-20(18)24(27)25-26-22(14-7-15-31-26)34-28(25)33(32)17-8-2-1-3-9-17/h1-15H,30H2. The van der Waals surface area contributed by atoms with Gasteiger partial charge in [0.25, 0.3) is 0 Å². The van der Waals surface area contributed by atoms with Gasteiger partial charge < -0.3 is 5.73 Å². The largest absolute Gasteiger partial charge is 0.398 e. The molecule has 0 atom stereocenters. The molecule has 7 rings (SSSR count). The van der Waals surface area contributed by atoms with Gasteiger partial charge in [-0.2, -0.15) is 10.3 Å². The molecule has 0 unspecified atom stereocenters. The highest BCUT2D eigenvalue weighted by molar-refractivity contribution is 7.23. The number of hydrogen-bond donors (Lipinski definition) is 1. The van der Waals surface area contributed by atoms with Crippen molar-refractivity contribution in [3.05, 3.63) is 91.1 Å². The van der Waals surface area contributed by atoms with Crippen LogP contribution in [0.5, 0.6) is 0 Å². The van der Waals surface area contributed by atoms with Crippen molar-refractivity contribution in [2.75, 3.05) is 15.8 Å². The van der Waals surface area contributed by atoms with Gasteiger partial charge in [-0.25, -0.2) is 5.01 Å². The second-order valence-corrected chi connectivity index (χ2v) is 9.26. The van der Waals surface area contributed by atoms with Gasteiger partial charge in [-0.1, -0.05) is 54.6 Å². The molecule has 2 N–H and O–H groups in total. The average molecular weight is 456 g/mol. The van der Waals surface area contributed by atoms with E-state index < -0.39 is 0 Å². The van der Waals surface area contributed by atoms with Crippen molar-refractivity contribution in [3.63, 3.8) is 0 Å². The molecular weight excluding hydrogens is 438 g/mol. The van der Waals surface area contributed by atoms with Crippen molar-refractivity contribution in [1.29, 1.82) is 5.26 Å². The van der Waals surface area contributed by atoms with Crippen molar-refractivity contribution in [2.24, 2.45) is 0 Å². The lowest BCUT2D eigenvalue weighted by Gasteiger charge is -2.38. The van der Waals surface area contributed by atoms with E-state index in [0.717, 1.165) is 59.3 Å². The maximum Gasteiger partial charge on any atom is 0.205 e. The zero-order valence-corrected chi connectivity index (χ0v) is 18.8. The average Bonchev–Trinajstić information content (AvgIpc) is 3.27. The summed E-state index contributed by atoms with van der Waals surface area (Å²) in [4.78, 5) is 4.79. The van der Waals surface area contributed by atoms with Crippen molar-refractivity contribution in [3.8, 4) is 17.3 Å². The lowest BCUT2D eigenvalue weighted by atomic mass is 9.89. The summed E-state index contributed by atoms with van der Waals surface area (Å²) in [6.07, 6.45) is 4.30. The lowest BCUT2D eigenvalue weighted by molar-refractivity contribution is 1.00. The molecule has 1 aliphatic rings. The van der Waals surface area contributed by atoms with Crippen LogP contribution in [0.15, 0.2) is 91.1 Å². The summed E-state index contributed by atoms with van der Waals surface area (Å²) in [5, 5.41) is 19.3. The molecule has 0 fully saturated rings. The molecule has 0 saturated carbocycles. The van der Waals surface area contributed by atoms with E-state index in [0.29, 0.717) is 5.69 Å². The fourth-order valence-electron chi connectivity index (χ4n) is 5.09. The van der Waals surface area contributed by atoms with E-state index in [1.165, 1.54) is 0 Å². The number of benzene rings is 4. The molecule has 6 heteroatoms. The van der Waals surface area contributed by atoms with Gasteiger partial charge in [-0.05, 0) is 46.5 Å². The summed E-state index contributed by atoms with van der Waals surface area (Å²) in [7, 11) is 0. The highest BCUT2D eigenvalue weighted by Crippen LogP contribution is 2.58. The second kappa shape index (κ2) is 6.95. The minimum absolute atomic E-state index is 0.642. The third-order valence-electron chi connectivity index (χ3n) is 6.43. The summed E-state index contributed by atoms with van der Waals surface area (Å²) in [5.74, 6) is 0. The molecule has 160 valence electrons. The zero-order chi connectivity index (χ0) is 22.8. The van der Waals surface area contributed by atoms with Gasteiger partial charge in [0.05, 0.1) is 21.6 Å². The zero-order valence-electron chi connectivity index (χ0n) is 17.9. The number of nitrogen functional groups attached to an aromatic ring is 1. The van der Waals surface area contributed by atoms with E-state index in [1.807, 2.05) is 71.9 Å². The SMILES string of the molecule is N#CN1c2c(c3ccccc3c3cccc(N)c23)-c2c(sc3cccnc23)N1c1ccccc1.